The average molecular weight is 200 g/mol. The molecule has 0 aromatic heterocycles. The van der Waals surface area contributed by atoms with Gasteiger partial charge < -0.3 is 9.59 Å². The average Bonchev–Trinajstić information content (AvgIpc) is 2.02. The Labute approximate surface area is 86.3 Å². The number of aliphatic carboxylic acids is 1. The van der Waals surface area contributed by atoms with Crippen LogP contribution >= 0.6 is 0 Å². The number of hydrogen-bond donors (Lipinski definition) is 1. The lowest BCUT2D eigenvalue weighted by atomic mass is 9.81. The number of nitrogens with zero attached hydrogens (tertiary/aromatic N) is 1. The summed E-state index contributed by atoms with van der Waals surface area (Å²) in [4.78, 5) is 10.7. The SMILES string of the molecule is C[N+](C)(C)CC1CCC(C(=O)O)CC1. The molecule has 0 spiro atoms. The van der Waals surface area contributed by atoms with Crippen LogP contribution in [-0.2, 0) is 4.79 Å². The van der Waals surface area contributed by atoms with E-state index in [0.717, 1.165) is 36.1 Å². The van der Waals surface area contributed by atoms with Crippen LogP contribution in [0.2, 0.25) is 0 Å². The molecule has 1 rings (SSSR count). The van der Waals surface area contributed by atoms with Crippen LogP contribution in [0.25, 0.3) is 0 Å². The second-order valence-corrected chi connectivity index (χ2v) is 5.53. The Balaban J connectivity index is 2.33. The quantitative estimate of drug-likeness (QED) is 0.702. The Kier molecular flexibility index (Phi) is 3.53. The highest BCUT2D eigenvalue weighted by Gasteiger charge is 2.28. The number of rotatable bonds is 3. The molecular formula is C11H22NO2+. The summed E-state index contributed by atoms with van der Waals surface area (Å²) in [6.45, 7) is 1.17. The van der Waals surface area contributed by atoms with Crippen LogP contribution in [0.1, 0.15) is 25.7 Å². The van der Waals surface area contributed by atoms with Crippen molar-refractivity contribution in [3.63, 3.8) is 0 Å². The molecule has 0 aromatic carbocycles. The molecule has 0 atom stereocenters. The van der Waals surface area contributed by atoms with Crippen molar-refractivity contribution in [1.82, 2.24) is 0 Å². The second-order valence-electron chi connectivity index (χ2n) is 5.53. The summed E-state index contributed by atoms with van der Waals surface area (Å²) in [6, 6.07) is 0. The molecule has 0 heterocycles. The molecule has 1 fully saturated rings. The molecule has 0 aliphatic heterocycles. The largest absolute Gasteiger partial charge is 0.481 e. The van der Waals surface area contributed by atoms with Crippen molar-refractivity contribution < 1.29 is 14.4 Å². The minimum atomic E-state index is -0.603. The predicted molar refractivity (Wildman–Crippen MR) is 56.0 cm³/mol. The van der Waals surface area contributed by atoms with E-state index in [0.29, 0.717) is 0 Å². The molecule has 0 radical (unpaired) electrons. The maximum Gasteiger partial charge on any atom is 0.306 e. The van der Waals surface area contributed by atoms with Crippen molar-refractivity contribution in [1.29, 1.82) is 0 Å². The van der Waals surface area contributed by atoms with E-state index in [2.05, 4.69) is 21.1 Å². The van der Waals surface area contributed by atoms with Gasteiger partial charge in [0.1, 0.15) is 0 Å². The van der Waals surface area contributed by atoms with Gasteiger partial charge in [-0.05, 0) is 25.7 Å². The highest BCUT2D eigenvalue weighted by molar-refractivity contribution is 5.69. The van der Waals surface area contributed by atoms with Crippen LogP contribution in [-0.4, -0.2) is 43.2 Å². The lowest BCUT2D eigenvalue weighted by molar-refractivity contribution is -0.874. The standard InChI is InChI=1S/C11H21NO2/c1-12(2,3)8-9-4-6-10(7-5-9)11(13)14/h9-10H,4-8H2,1-3H3/p+1. The van der Waals surface area contributed by atoms with Gasteiger partial charge in [0.25, 0.3) is 0 Å². The molecule has 3 heteroatoms. The van der Waals surface area contributed by atoms with Gasteiger partial charge in [-0.15, -0.1) is 0 Å². The number of quaternary nitrogens is 1. The normalized spacial score (nSPS) is 28.8. The van der Waals surface area contributed by atoms with E-state index in [1.165, 1.54) is 6.54 Å². The fourth-order valence-electron chi connectivity index (χ4n) is 2.37. The Morgan fingerprint density at radius 2 is 1.71 bits per heavy atom. The third-order valence-electron chi connectivity index (χ3n) is 3.00. The third kappa shape index (κ3) is 3.66. The fraction of sp³-hybridized carbons (Fsp3) is 0.909. The molecule has 0 bridgehead atoms. The summed E-state index contributed by atoms with van der Waals surface area (Å²) in [6.07, 6.45) is 3.93. The molecule has 0 aromatic rings. The van der Waals surface area contributed by atoms with Gasteiger partial charge in [-0.25, -0.2) is 0 Å². The van der Waals surface area contributed by atoms with Crippen molar-refractivity contribution >= 4 is 5.97 Å². The zero-order valence-electron chi connectivity index (χ0n) is 9.49. The van der Waals surface area contributed by atoms with Gasteiger partial charge in [-0.1, -0.05) is 0 Å². The van der Waals surface area contributed by atoms with Crippen LogP contribution in [0.4, 0.5) is 0 Å². The Bertz CT molecular complexity index is 200. The Hall–Kier alpha value is -0.570. The zero-order chi connectivity index (χ0) is 10.8. The van der Waals surface area contributed by atoms with E-state index >= 15 is 0 Å². The van der Waals surface area contributed by atoms with Gasteiger partial charge in [-0.3, -0.25) is 4.79 Å². The minimum Gasteiger partial charge on any atom is -0.481 e. The Morgan fingerprint density at radius 3 is 2.07 bits per heavy atom. The summed E-state index contributed by atoms with van der Waals surface area (Å²) < 4.78 is 0.988. The zero-order valence-corrected chi connectivity index (χ0v) is 9.49. The van der Waals surface area contributed by atoms with E-state index in [1.807, 2.05) is 0 Å². The lowest BCUT2D eigenvalue weighted by Crippen LogP contribution is -2.40. The first-order valence-electron chi connectivity index (χ1n) is 5.42. The molecule has 82 valence electrons. The molecular weight excluding hydrogens is 178 g/mol. The van der Waals surface area contributed by atoms with Gasteiger partial charge in [0.2, 0.25) is 0 Å². The maximum absolute atomic E-state index is 10.7. The topological polar surface area (TPSA) is 37.3 Å². The van der Waals surface area contributed by atoms with Crippen LogP contribution < -0.4 is 0 Å². The highest BCUT2D eigenvalue weighted by Crippen LogP contribution is 2.29. The second kappa shape index (κ2) is 4.30. The van der Waals surface area contributed by atoms with Gasteiger partial charge in [0.15, 0.2) is 0 Å². The summed E-state index contributed by atoms with van der Waals surface area (Å²) in [5.41, 5.74) is 0. The van der Waals surface area contributed by atoms with Crippen molar-refractivity contribution in [2.75, 3.05) is 27.7 Å². The Morgan fingerprint density at radius 1 is 1.21 bits per heavy atom. The van der Waals surface area contributed by atoms with Crippen LogP contribution in [0.3, 0.4) is 0 Å². The third-order valence-corrected chi connectivity index (χ3v) is 3.00. The molecule has 1 aliphatic rings. The van der Waals surface area contributed by atoms with Crippen molar-refractivity contribution in [3.8, 4) is 0 Å². The van der Waals surface area contributed by atoms with Gasteiger partial charge in [0.05, 0.1) is 33.6 Å². The van der Waals surface area contributed by atoms with Crippen molar-refractivity contribution in [3.05, 3.63) is 0 Å². The predicted octanol–water partition coefficient (Wildman–Crippen LogP) is 1.58. The van der Waals surface area contributed by atoms with E-state index < -0.39 is 5.97 Å². The molecule has 1 saturated carbocycles. The number of carboxylic acids is 1. The summed E-state index contributed by atoms with van der Waals surface area (Å²) >= 11 is 0. The number of carboxylic acid groups (broad SMARTS) is 1. The van der Waals surface area contributed by atoms with E-state index in [-0.39, 0.29) is 5.92 Å². The minimum absolute atomic E-state index is 0.0706. The maximum atomic E-state index is 10.7. The highest BCUT2D eigenvalue weighted by atomic mass is 16.4. The van der Waals surface area contributed by atoms with Gasteiger partial charge in [-0.2, -0.15) is 0 Å². The first-order valence-corrected chi connectivity index (χ1v) is 5.42. The van der Waals surface area contributed by atoms with Crippen LogP contribution in [0, 0.1) is 11.8 Å². The summed E-state index contributed by atoms with van der Waals surface area (Å²) in [5.74, 6) is 0.0537. The fourth-order valence-corrected chi connectivity index (χ4v) is 2.37. The summed E-state index contributed by atoms with van der Waals surface area (Å²) in [7, 11) is 6.59. The molecule has 1 N–H and O–H groups in total. The van der Waals surface area contributed by atoms with E-state index in [4.69, 9.17) is 5.11 Å². The van der Waals surface area contributed by atoms with E-state index in [9.17, 15) is 4.79 Å². The number of hydrogen-bond acceptors (Lipinski definition) is 1. The van der Waals surface area contributed by atoms with E-state index in [1.54, 1.807) is 0 Å². The summed E-state index contributed by atoms with van der Waals surface area (Å²) in [5, 5.41) is 8.85. The molecule has 14 heavy (non-hydrogen) atoms. The van der Waals surface area contributed by atoms with Gasteiger partial charge >= 0.3 is 5.97 Å². The lowest BCUT2D eigenvalue weighted by Gasteiger charge is -2.32. The van der Waals surface area contributed by atoms with Crippen LogP contribution in [0.5, 0.6) is 0 Å². The smallest absolute Gasteiger partial charge is 0.306 e. The molecule has 0 amide bonds. The van der Waals surface area contributed by atoms with Gasteiger partial charge in [0, 0.05) is 5.92 Å². The monoisotopic (exact) mass is 200 g/mol. The molecule has 1 aliphatic carbocycles. The van der Waals surface area contributed by atoms with Crippen molar-refractivity contribution in [2.24, 2.45) is 11.8 Å². The van der Waals surface area contributed by atoms with Crippen molar-refractivity contribution in [2.45, 2.75) is 25.7 Å². The molecule has 0 saturated heterocycles. The van der Waals surface area contributed by atoms with Crippen LogP contribution in [0.15, 0.2) is 0 Å². The first kappa shape index (κ1) is 11.5. The molecule has 0 unspecified atom stereocenters. The molecule has 3 nitrogen and oxygen atoms in total. The first-order chi connectivity index (χ1) is 6.38. The number of carbonyl (C=O) groups is 1.